The van der Waals surface area contributed by atoms with Crippen molar-refractivity contribution in [1.29, 1.82) is 0 Å². The maximum atomic E-state index is 5.74. The van der Waals surface area contributed by atoms with Crippen LogP contribution in [-0.4, -0.2) is 22.1 Å². The molecule has 0 fully saturated rings. The Morgan fingerprint density at radius 2 is 2.30 bits per heavy atom. The van der Waals surface area contributed by atoms with Gasteiger partial charge in [-0.05, 0) is 18.6 Å². The van der Waals surface area contributed by atoms with Crippen molar-refractivity contribution in [2.24, 2.45) is 5.84 Å². The van der Waals surface area contributed by atoms with E-state index in [1.54, 1.807) is 13.3 Å². The van der Waals surface area contributed by atoms with Gasteiger partial charge < -0.3 is 4.74 Å². The number of benzene rings is 1. The Bertz CT molecular complexity index is 572. The molecule has 20 heavy (non-hydrogen) atoms. The third-order valence-electron chi connectivity index (χ3n) is 3.05. The van der Waals surface area contributed by atoms with Crippen LogP contribution in [0.4, 0.5) is 0 Å². The van der Waals surface area contributed by atoms with E-state index < -0.39 is 0 Å². The van der Waals surface area contributed by atoms with Gasteiger partial charge in [-0.1, -0.05) is 34.1 Å². The van der Waals surface area contributed by atoms with Crippen molar-refractivity contribution in [2.45, 2.75) is 25.9 Å². The van der Waals surface area contributed by atoms with E-state index in [0.29, 0.717) is 0 Å². The summed E-state index contributed by atoms with van der Waals surface area (Å²) in [6.07, 6.45) is 2.70. The predicted molar refractivity (Wildman–Crippen MR) is 80.2 cm³/mol. The van der Waals surface area contributed by atoms with Crippen LogP contribution in [-0.2, 0) is 6.54 Å². The van der Waals surface area contributed by atoms with Crippen LogP contribution >= 0.6 is 15.9 Å². The highest BCUT2D eigenvalue weighted by atomic mass is 79.9. The number of nitrogens with zero attached hydrogens (tertiary/aromatic N) is 3. The smallest absolute Gasteiger partial charge is 0.125 e. The molecule has 1 aromatic carbocycles. The van der Waals surface area contributed by atoms with Crippen LogP contribution in [0.1, 0.15) is 30.6 Å². The highest BCUT2D eigenvalue weighted by Gasteiger charge is 2.21. The van der Waals surface area contributed by atoms with Gasteiger partial charge in [-0.2, -0.15) is 0 Å². The maximum Gasteiger partial charge on any atom is 0.125 e. The number of aromatic nitrogens is 3. The van der Waals surface area contributed by atoms with Crippen molar-refractivity contribution < 1.29 is 4.74 Å². The monoisotopic (exact) mass is 339 g/mol. The van der Waals surface area contributed by atoms with E-state index in [1.165, 1.54) is 0 Å². The normalized spacial score (nSPS) is 12.4. The number of methoxy groups -OCH3 is 1. The van der Waals surface area contributed by atoms with Gasteiger partial charge in [0.1, 0.15) is 5.75 Å². The quantitative estimate of drug-likeness (QED) is 0.621. The second-order valence-electron chi connectivity index (χ2n) is 4.37. The first-order valence-corrected chi connectivity index (χ1v) is 7.18. The standard InChI is InChI=1S/C13H18BrN5O/c1-3-6-19-11(8-16-18-19)13(17-15)10-5-4-9(14)7-12(10)20-2/h4-5,7-8,13,17H,3,6,15H2,1-2H3. The van der Waals surface area contributed by atoms with Crippen molar-refractivity contribution in [3.05, 3.63) is 40.1 Å². The number of hydrazine groups is 1. The molecule has 1 unspecified atom stereocenters. The lowest BCUT2D eigenvalue weighted by atomic mass is 10.0. The average Bonchev–Trinajstić information content (AvgIpc) is 2.90. The highest BCUT2D eigenvalue weighted by Crippen LogP contribution is 2.31. The third-order valence-corrected chi connectivity index (χ3v) is 3.55. The van der Waals surface area contributed by atoms with Gasteiger partial charge >= 0.3 is 0 Å². The topological polar surface area (TPSA) is 78.0 Å². The molecule has 0 aliphatic carbocycles. The van der Waals surface area contributed by atoms with E-state index in [2.05, 4.69) is 38.6 Å². The minimum atomic E-state index is -0.223. The fourth-order valence-electron chi connectivity index (χ4n) is 2.13. The molecule has 1 heterocycles. The summed E-state index contributed by atoms with van der Waals surface area (Å²) in [6, 6.07) is 5.61. The zero-order chi connectivity index (χ0) is 14.5. The third kappa shape index (κ3) is 3.00. The maximum absolute atomic E-state index is 5.74. The Kier molecular flexibility index (Phi) is 5.11. The molecule has 1 aromatic heterocycles. The van der Waals surface area contributed by atoms with Gasteiger partial charge in [-0.3, -0.25) is 5.84 Å². The van der Waals surface area contributed by atoms with E-state index in [1.807, 2.05) is 22.9 Å². The fraction of sp³-hybridized carbons (Fsp3) is 0.385. The lowest BCUT2D eigenvalue weighted by Crippen LogP contribution is -2.31. The van der Waals surface area contributed by atoms with Crippen molar-refractivity contribution in [2.75, 3.05) is 7.11 Å². The minimum absolute atomic E-state index is 0.223. The summed E-state index contributed by atoms with van der Waals surface area (Å²) in [6.45, 7) is 2.89. The van der Waals surface area contributed by atoms with Crippen LogP contribution in [0.2, 0.25) is 0 Å². The van der Waals surface area contributed by atoms with Gasteiger partial charge in [-0.15, -0.1) is 5.10 Å². The lowest BCUT2D eigenvalue weighted by Gasteiger charge is -2.19. The van der Waals surface area contributed by atoms with Crippen LogP contribution in [0.15, 0.2) is 28.9 Å². The van der Waals surface area contributed by atoms with Crippen LogP contribution in [0.3, 0.4) is 0 Å². The van der Waals surface area contributed by atoms with Gasteiger partial charge in [0, 0.05) is 16.6 Å². The molecular formula is C13H18BrN5O. The predicted octanol–water partition coefficient (Wildman–Crippen LogP) is 2.01. The number of nitrogens with one attached hydrogen (secondary N) is 1. The largest absolute Gasteiger partial charge is 0.496 e. The van der Waals surface area contributed by atoms with Crippen LogP contribution in [0, 0.1) is 0 Å². The minimum Gasteiger partial charge on any atom is -0.496 e. The average molecular weight is 340 g/mol. The molecule has 0 aliphatic heterocycles. The Labute approximate surface area is 126 Å². The molecule has 2 aromatic rings. The Morgan fingerprint density at radius 1 is 1.50 bits per heavy atom. The van der Waals surface area contributed by atoms with E-state index in [4.69, 9.17) is 10.6 Å². The summed E-state index contributed by atoms with van der Waals surface area (Å²) >= 11 is 3.43. The second-order valence-corrected chi connectivity index (χ2v) is 5.28. The molecule has 2 rings (SSSR count). The number of aryl methyl sites for hydroxylation is 1. The molecule has 0 amide bonds. The number of hydrogen-bond acceptors (Lipinski definition) is 5. The van der Waals surface area contributed by atoms with E-state index in [-0.39, 0.29) is 6.04 Å². The number of rotatable bonds is 6. The summed E-state index contributed by atoms with van der Waals surface area (Å²) in [7, 11) is 1.64. The number of halogens is 1. The Balaban J connectivity index is 2.44. The number of ether oxygens (including phenoxy) is 1. The summed E-state index contributed by atoms with van der Waals surface area (Å²) in [5.74, 6) is 6.49. The summed E-state index contributed by atoms with van der Waals surface area (Å²) in [5, 5.41) is 8.07. The molecule has 0 saturated heterocycles. The lowest BCUT2D eigenvalue weighted by molar-refractivity contribution is 0.401. The first kappa shape index (κ1) is 15.0. The van der Waals surface area contributed by atoms with E-state index in [9.17, 15) is 0 Å². The van der Waals surface area contributed by atoms with Crippen molar-refractivity contribution in [3.63, 3.8) is 0 Å². The zero-order valence-electron chi connectivity index (χ0n) is 11.5. The van der Waals surface area contributed by atoms with Crippen LogP contribution in [0.5, 0.6) is 5.75 Å². The molecular weight excluding hydrogens is 322 g/mol. The molecule has 7 heteroatoms. The molecule has 3 N–H and O–H groups in total. The summed E-state index contributed by atoms with van der Waals surface area (Å²) < 4.78 is 8.24. The van der Waals surface area contributed by atoms with Gasteiger partial charge in [0.15, 0.2) is 0 Å². The second kappa shape index (κ2) is 6.83. The van der Waals surface area contributed by atoms with E-state index in [0.717, 1.165) is 34.4 Å². The molecule has 108 valence electrons. The molecule has 0 radical (unpaired) electrons. The SMILES string of the molecule is CCCn1nncc1C(NN)c1ccc(Br)cc1OC. The Hall–Kier alpha value is -1.44. The van der Waals surface area contributed by atoms with Gasteiger partial charge in [0.05, 0.1) is 25.0 Å². The van der Waals surface area contributed by atoms with E-state index >= 15 is 0 Å². The van der Waals surface area contributed by atoms with Gasteiger partial charge in [0.25, 0.3) is 0 Å². The van der Waals surface area contributed by atoms with Crippen molar-refractivity contribution in [1.82, 2.24) is 20.4 Å². The molecule has 0 saturated carbocycles. The van der Waals surface area contributed by atoms with Crippen molar-refractivity contribution in [3.8, 4) is 5.75 Å². The zero-order valence-corrected chi connectivity index (χ0v) is 13.1. The fourth-order valence-corrected chi connectivity index (χ4v) is 2.47. The number of hydrogen-bond donors (Lipinski definition) is 2. The van der Waals surface area contributed by atoms with Crippen LogP contribution in [0.25, 0.3) is 0 Å². The summed E-state index contributed by atoms with van der Waals surface area (Å²) in [5.41, 5.74) is 4.67. The van der Waals surface area contributed by atoms with Gasteiger partial charge in [0.2, 0.25) is 0 Å². The summed E-state index contributed by atoms with van der Waals surface area (Å²) in [4.78, 5) is 0. The first-order valence-electron chi connectivity index (χ1n) is 6.39. The highest BCUT2D eigenvalue weighted by molar-refractivity contribution is 9.10. The van der Waals surface area contributed by atoms with Crippen molar-refractivity contribution >= 4 is 15.9 Å². The van der Waals surface area contributed by atoms with Crippen LogP contribution < -0.4 is 16.0 Å². The molecule has 0 bridgehead atoms. The van der Waals surface area contributed by atoms with Gasteiger partial charge in [-0.25, -0.2) is 10.1 Å². The molecule has 6 nitrogen and oxygen atoms in total. The molecule has 0 spiro atoms. The number of nitrogens with two attached hydrogens (primary N) is 1. The molecule has 1 atom stereocenters. The molecule has 0 aliphatic rings. The first-order chi connectivity index (χ1) is 9.71. The Morgan fingerprint density at radius 3 is 2.95 bits per heavy atom.